The summed E-state index contributed by atoms with van der Waals surface area (Å²) in [5, 5.41) is 13.1. The van der Waals surface area contributed by atoms with Crippen molar-refractivity contribution in [1.82, 2.24) is 4.57 Å². The highest BCUT2D eigenvalue weighted by Crippen LogP contribution is 2.60. The second-order valence-corrected chi connectivity index (χ2v) is 12.4. The van der Waals surface area contributed by atoms with Crippen LogP contribution in [0.25, 0.3) is 11.8 Å². The van der Waals surface area contributed by atoms with E-state index in [1.54, 1.807) is 18.2 Å². The molecule has 0 unspecified atom stereocenters. The Morgan fingerprint density at radius 2 is 1.63 bits per heavy atom. The van der Waals surface area contributed by atoms with Gasteiger partial charge in [-0.3, -0.25) is 4.79 Å². The first kappa shape index (κ1) is 25.0. The van der Waals surface area contributed by atoms with Crippen LogP contribution < -0.4 is 5.32 Å². The van der Waals surface area contributed by atoms with Gasteiger partial charge >= 0.3 is 0 Å². The van der Waals surface area contributed by atoms with Crippen LogP contribution >= 0.6 is 11.6 Å². The normalized spacial score (nSPS) is 25.9. The molecule has 0 saturated heterocycles. The maximum Gasteiger partial charge on any atom is 0.266 e. The van der Waals surface area contributed by atoms with Crippen molar-refractivity contribution >= 4 is 29.3 Å². The zero-order valence-electron chi connectivity index (χ0n) is 22.4. The highest BCUT2D eigenvalue weighted by Gasteiger charge is 2.51. The monoisotopic (exact) mass is 523 g/mol. The lowest BCUT2D eigenvalue weighted by Gasteiger charge is -2.57. The smallest absolute Gasteiger partial charge is 0.266 e. The van der Waals surface area contributed by atoms with Crippen LogP contribution in [-0.2, 0) is 10.2 Å². The van der Waals surface area contributed by atoms with Crippen molar-refractivity contribution in [2.75, 3.05) is 5.32 Å². The Bertz CT molecular complexity index is 1450. The van der Waals surface area contributed by atoms with Gasteiger partial charge in [0.05, 0.1) is 0 Å². The van der Waals surface area contributed by atoms with E-state index in [4.69, 9.17) is 11.6 Å². The molecule has 1 amide bonds. The van der Waals surface area contributed by atoms with Gasteiger partial charge in [-0.1, -0.05) is 29.8 Å². The molecule has 5 heteroatoms. The Morgan fingerprint density at radius 1 is 1.00 bits per heavy atom. The first-order valence-electron chi connectivity index (χ1n) is 13.7. The molecule has 4 aliphatic carbocycles. The first-order chi connectivity index (χ1) is 18.2. The fourth-order valence-corrected chi connectivity index (χ4v) is 8.11. The molecule has 4 aliphatic rings. The lowest BCUT2D eigenvalue weighted by molar-refractivity contribution is -0.112. The molecule has 38 heavy (non-hydrogen) atoms. The summed E-state index contributed by atoms with van der Waals surface area (Å²) >= 11 is 6.19. The van der Waals surface area contributed by atoms with Crippen molar-refractivity contribution in [1.29, 1.82) is 5.26 Å². The van der Waals surface area contributed by atoms with Gasteiger partial charge in [0, 0.05) is 27.8 Å². The van der Waals surface area contributed by atoms with Crippen molar-refractivity contribution in [3.05, 3.63) is 87.2 Å². The third kappa shape index (κ3) is 4.37. The van der Waals surface area contributed by atoms with E-state index in [1.165, 1.54) is 44.1 Å². The van der Waals surface area contributed by atoms with E-state index in [-0.39, 0.29) is 5.57 Å². The number of benzene rings is 2. The summed E-state index contributed by atoms with van der Waals surface area (Å²) in [6.45, 7) is 6.01. The molecule has 0 spiro atoms. The Morgan fingerprint density at radius 3 is 2.21 bits per heavy atom. The molecule has 0 radical (unpaired) electrons. The van der Waals surface area contributed by atoms with Crippen molar-refractivity contribution in [3.8, 4) is 11.8 Å². The number of nitrogens with zero attached hydrogens (tertiary/aromatic N) is 2. The van der Waals surface area contributed by atoms with Gasteiger partial charge in [-0.05, 0) is 136 Å². The number of halogens is 1. The molecule has 0 aliphatic heterocycles. The summed E-state index contributed by atoms with van der Waals surface area (Å²) in [4.78, 5) is 12.9. The molecule has 4 bridgehead atoms. The van der Waals surface area contributed by atoms with Gasteiger partial charge in [-0.25, -0.2) is 0 Å². The lowest BCUT2D eigenvalue weighted by atomic mass is 9.48. The van der Waals surface area contributed by atoms with Crippen molar-refractivity contribution in [2.24, 2.45) is 17.8 Å². The maximum atomic E-state index is 12.9. The highest BCUT2D eigenvalue weighted by molar-refractivity contribution is 6.31. The number of aromatic nitrogens is 1. The minimum Gasteiger partial charge on any atom is -0.321 e. The van der Waals surface area contributed by atoms with Gasteiger partial charge in [-0.2, -0.15) is 5.26 Å². The second kappa shape index (κ2) is 9.47. The van der Waals surface area contributed by atoms with Gasteiger partial charge in [0.25, 0.3) is 5.91 Å². The van der Waals surface area contributed by atoms with E-state index in [0.29, 0.717) is 16.1 Å². The van der Waals surface area contributed by atoms with E-state index in [2.05, 4.69) is 47.1 Å². The molecule has 0 atom stereocenters. The summed E-state index contributed by atoms with van der Waals surface area (Å²) in [7, 11) is 0. The number of carbonyl (C=O) groups is 1. The Labute approximate surface area is 230 Å². The number of carbonyl (C=O) groups excluding carboxylic acids is 1. The molecule has 3 aromatic rings. The van der Waals surface area contributed by atoms with E-state index < -0.39 is 5.91 Å². The lowest BCUT2D eigenvalue weighted by Crippen LogP contribution is -2.48. The topological polar surface area (TPSA) is 57.8 Å². The van der Waals surface area contributed by atoms with Crippen LogP contribution in [0, 0.1) is 49.9 Å². The fraction of sp³-hybridized carbons (Fsp3) is 0.394. The van der Waals surface area contributed by atoms with E-state index >= 15 is 0 Å². The molecule has 4 fully saturated rings. The van der Waals surface area contributed by atoms with Crippen molar-refractivity contribution < 1.29 is 4.79 Å². The predicted octanol–water partition coefficient (Wildman–Crippen LogP) is 8.07. The van der Waals surface area contributed by atoms with Gasteiger partial charge in [0.15, 0.2) is 0 Å². The van der Waals surface area contributed by atoms with Crippen LogP contribution in [0.1, 0.15) is 66.6 Å². The molecule has 7 rings (SSSR count). The van der Waals surface area contributed by atoms with E-state index in [9.17, 15) is 10.1 Å². The average Bonchev–Trinajstić information content (AvgIpc) is 3.16. The van der Waals surface area contributed by atoms with Crippen LogP contribution in [0.15, 0.2) is 54.1 Å². The fourth-order valence-electron chi connectivity index (χ4n) is 7.93. The number of anilines is 1. The molecule has 2 aromatic carbocycles. The number of nitriles is 1. The maximum absolute atomic E-state index is 12.9. The van der Waals surface area contributed by atoms with Gasteiger partial charge in [0.2, 0.25) is 0 Å². The van der Waals surface area contributed by atoms with Gasteiger partial charge in [-0.15, -0.1) is 0 Å². The van der Waals surface area contributed by atoms with Crippen LogP contribution in [0.3, 0.4) is 0 Å². The number of hydrogen-bond donors (Lipinski definition) is 1. The third-order valence-electron chi connectivity index (χ3n) is 9.34. The van der Waals surface area contributed by atoms with Crippen LogP contribution in [-0.4, -0.2) is 10.5 Å². The van der Waals surface area contributed by atoms with Gasteiger partial charge in [0.1, 0.15) is 11.6 Å². The van der Waals surface area contributed by atoms with Crippen molar-refractivity contribution in [2.45, 2.75) is 64.7 Å². The Hall–Kier alpha value is -3.29. The van der Waals surface area contributed by atoms with Crippen molar-refractivity contribution in [3.63, 3.8) is 0 Å². The van der Waals surface area contributed by atoms with Crippen LogP contribution in [0.2, 0.25) is 5.02 Å². The standard InChI is InChI=1S/C33H34ClN3O/c1-20-4-7-29(15-31(20)34)36-32(38)27(19-35)14-26-10-21(2)37(22(26)3)30-8-5-28(6-9-30)33-16-23-11-24(17-33)13-25(12-23)18-33/h4-10,14-15,23-25H,11-13,16-18H2,1-3H3,(H,36,38)/b27-14-. The molecule has 1 aromatic heterocycles. The zero-order valence-corrected chi connectivity index (χ0v) is 23.1. The Balaban J connectivity index is 1.25. The van der Waals surface area contributed by atoms with Gasteiger partial charge < -0.3 is 9.88 Å². The summed E-state index contributed by atoms with van der Waals surface area (Å²) in [5.41, 5.74) is 7.51. The largest absolute Gasteiger partial charge is 0.321 e. The summed E-state index contributed by atoms with van der Waals surface area (Å²) in [6, 6.07) is 18.7. The molecule has 1 heterocycles. The summed E-state index contributed by atoms with van der Waals surface area (Å²) in [6.07, 6.45) is 10.1. The van der Waals surface area contributed by atoms with E-state index in [1.807, 2.05) is 26.0 Å². The van der Waals surface area contributed by atoms with E-state index in [0.717, 1.165) is 46.0 Å². The molecule has 4 saturated carbocycles. The molecule has 194 valence electrons. The number of aryl methyl sites for hydroxylation is 2. The molecule has 1 N–H and O–H groups in total. The molecule has 4 nitrogen and oxygen atoms in total. The average molecular weight is 524 g/mol. The SMILES string of the molecule is Cc1ccc(NC(=O)/C(C#N)=C\c2cc(C)n(-c3ccc(C45CC6CC(CC(C6)C4)C5)cc3)c2C)cc1Cl. The van der Waals surface area contributed by atoms with Crippen LogP contribution in [0.4, 0.5) is 5.69 Å². The minimum atomic E-state index is -0.447. The quantitative estimate of drug-likeness (QED) is 0.271. The molecular formula is C33H34ClN3O. The summed E-state index contributed by atoms with van der Waals surface area (Å²) in [5.74, 6) is 2.34. The predicted molar refractivity (Wildman–Crippen MR) is 154 cm³/mol. The first-order valence-corrected chi connectivity index (χ1v) is 14.1. The Kier molecular flexibility index (Phi) is 6.23. The molecular weight excluding hydrogens is 490 g/mol. The minimum absolute atomic E-state index is 0.0547. The van der Waals surface area contributed by atoms with Crippen LogP contribution in [0.5, 0.6) is 0 Å². The third-order valence-corrected chi connectivity index (χ3v) is 9.75. The number of amides is 1. The number of rotatable bonds is 5. The highest BCUT2D eigenvalue weighted by atomic mass is 35.5. The zero-order chi connectivity index (χ0) is 26.6. The number of hydrogen-bond acceptors (Lipinski definition) is 2. The second-order valence-electron chi connectivity index (χ2n) is 12.0. The number of nitrogens with one attached hydrogen (secondary N) is 1. The summed E-state index contributed by atoms with van der Waals surface area (Å²) < 4.78 is 2.21.